The summed E-state index contributed by atoms with van der Waals surface area (Å²) >= 11 is 1.38. The van der Waals surface area contributed by atoms with Crippen LogP contribution < -0.4 is 40.0 Å². The summed E-state index contributed by atoms with van der Waals surface area (Å²) in [7, 11) is 0. The molecule has 3 atom stereocenters. The van der Waals surface area contributed by atoms with E-state index in [1.54, 1.807) is 26.0 Å². The molecule has 9 heteroatoms. The van der Waals surface area contributed by atoms with E-state index in [1.807, 2.05) is 0 Å². The monoisotopic (exact) mass is 372 g/mol. The molecule has 0 saturated carbocycles. The zero-order chi connectivity index (χ0) is 17.6. The van der Waals surface area contributed by atoms with Crippen molar-refractivity contribution >= 4 is 29.5 Å². The number of fused-ring (bicyclic) bond motifs is 1. The van der Waals surface area contributed by atoms with Gasteiger partial charge in [-0.05, 0) is 19.4 Å². The summed E-state index contributed by atoms with van der Waals surface area (Å²) in [6.45, 7) is 3.57. The van der Waals surface area contributed by atoms with Crippen molar-refractivity contribution < 1.29 is 54.2 Å². The second-order valence-electron chi connectivity index (χ2n) is 6.46. The Labute approximate surface area is 171 Å². The van der Waals surface area contributed by atoms with E-state index in [9.17, 15) is 24.6 Å². The Bertz CT molecular complexity index is 709. The van der Waals surface area contributed by atoms with Crippen molar-refractivity contribution in [3.63, 3.8) is 0 Å². The Kier molecular flexibility index (Phi) is 5.78. The molecule has 1 aromatic rings. The zero-order valence-electron chi connectivity index (χ0n) is 14.2. The van der Waals surface area contributed by atoms with Crippen LogP contribution in [-0.2, 0) is 20.8 Å². The Balaban J connectivity index is 0.00000225. The molecule has 0 spiro atoms. The molecule has 0 unspecified atom stereocenters. The topological polar surface area (TPSA) is 110 Å². The fraction of sp³-hybridized carbons (Fsp3) is 0.438. The first-order valence-electron chi connectivity index (χ1n) is 7.49. The first-order chi connectivity index (χ1) is 11.2. The number of aliphatic carboxylic acids is 1. The van der Waals surface area contributed by atoms with Gasteiger partial charge in [-0.1, -0.05) is 24.3 Å². The van der Waals surface area contributed by atoms with Crippen LogP contribution in [0.3, 0.4) is 0 Å². The number of carboxylic acid groups (broad SMARTS) is 1. The van der Waals surface area contributed by atoms with Gasteiger partial charge < -0.3 is 20.4 Å². The van der Waals surface area contributed by atoms with Crippen molar-refractivity contribution in [2.45, 2.75) is 42.5 Å². The number of carbonyl (C=O) groups is 3. The van der Waals surface area contributed by atoms with Crippen LogP contribution in [0.5, 0.6) is 5.75 Å². The number of carbonyl (C=O) groups excluding carboxylic acids is 2. The van der Waals surface area contributed by atoms with Crippen LogP contribution >= 0.6 is 11.8 Å². The normalized spacial score (nSPS) is 26.2. The van der Waals surface area contributed by atoms with Crippen LogP contribution in [0.4, 0.5) is 0 Å². The molecule has 2 amide bonds. The summed E-state index contributed by atoms with van der Waals surface area (Å²) < 4.78 is -0.615. The molecule has 2 aliphatic heterocycles. The van der Waals surface area contributed by atoms with Gasteiger partial charge in [0.25, 0.3) is 0 Å². The largest absolute Gasteiger partial charge is 1.00 e. The summed E-state index contributed by atoms with van der Waals surface area (Å²) in [5.41, 5.74) is 0.679. The summed E-state index contributed by atoms with van der Waals surface area (Å²) in [5.74, 6) is -1.86. The van der Waals surface area contributed by atoms with Gasteiger partial charge in [0.05, 0.1) is 6.42 Å². The average molecular weight is 372 g/mol. The molecule has 2 saturated heterocycles. The van der Waals surface area contributed by atoms with Crippen molar-refractivity contribution in [1.29, 1.82) is 0 Å². The van der Waals surface area contributed by atoms with E-state index in [4.69, 9.17) is 0 Å². The van der Waals surface area contributed by atoms with Gasteiger partial charge in [0.15, 0.2) is 0 Å². The number of carboxylic acids is 1. The molecule has 2 aliphatic rings. The molecule has 1 aromatic carbocycles. The second-order valence-corrected chi connectivity index (χ2v) is 8.23. The molecule has 0 bridgehead atoms. The predicted octanol–water partition coefficient (Wildman–Crippen LogP) is -3.06. The quantitative estimate of drug-likeness (QED) is 0.429. The van der Waals surface area contributed by atoms with Gasteiger partial charge in [0.2, 0.25) is 11.8 Å². The van der Waals surface area contributed by atoms with Crippen LogP contribution in [0.15, 0.2) is 24.3 Å². The van der Waals surface area contributed by atoms with E-state index in [1.165, 1.54) is 28.8 Å². The third-order valence-electron chi connectivity index (χ3n) is 4.28. The molecular weight excluding hydrogens is 355 g/mol. The molecule has 0 aliphatic carbocycles. The van der Waals surface area contributed by atoms with Gasteiger partial charge in [-0.25, -0.2) is 4.79 Å². The number of nitrogens with zero attached hydrogens (tertiary/aromatic N) is 1. The maximum Gasteiger partial charge on any atom is 1.00 e. The fourth-order valence-electron chi connectivity index (χ4n) is 3.16. The van der Waals surface area contributed by atoms with Gasteiger partial charge in [-0.2, -0.15) is 0 Å². The Morgan fingerprint density at radius 2 is 1.92 bits per heavy atom. The van der Waals surface area contributed by atoms with Gasteiger partial charge in [0, 0.05) is 4.75 Å². The minimum atomic E-state index is -1.04. The van der Waals surface area contributed by atoms with Crippen LogP contribution in [0.2, 0.25) is 0 Å². The van der Waals surface area contributed by atoms with Crippen molar-refractivity contribution in [1.82, 2.24) is 10.2 Å². The van der Waals surface area contributed by atoms with E-state index in [0.29, 0.717) is 5.56 Å². The number of hydrogen-bond acceptors (Lipinski definition) is 5. The first-order valence-corrected chi connectivity index (χ1v) is 8.37. The smallest absolute Gasteiger partial charge is 0.872 e. The predicted molar refractivity (Wildman–Crippen MR) is 85.3 cm³/mol. The Morgan fingerprint density at radius 1 is 1.32 bits per heavy atom. The maximum atomic E-state index is 12.3. The van der Waals surface area contributed by atoms with Crippen LogP contribution in [0.1, 0.15) is 19.4 Å². The van der Waals surface area contributed by atoms with Crippen molar-refractivity contribution in [2.24, 2.45) is 0 Å². The molecule has 0 aromatic heterocycles. The summed E-state index contributed by atoms with van der Waals surface area (Å²) in [6.07, 6.45) is 0.0627. The molecule has 2 fully saturated rings. The molecule has 2 N–H and O–H groups in total. The van der Waals surface area contributed by atoms with Crippen molar-refractivity contribution in [3.8, 4) is 5.75 Å². The standard InChI is InChI=1S/C16H18N2O5S.Na/c1-16(2)12(15(22)23)18-13(21)11(14(18)24-16)17-10(20)7-8-3-5-9(19)6-4-8;/h3-6,11-12,14,19H,7H2,1-2H3,(H,17,20)(H,22,23);/q;+1/p-1/t11-,12+,14-;/m1./s1. The van der Waals surface area contributed by atoms with Gasteiger partial charge >= 0.3 is 35.5 Å². The number of β-lactam (4-membered cyclic amide) rings is 1. The third-order valence-corrected chi connectivity index (χ3v) is 5.85. The zero-order valence-corrected chi connectivity index (χ0v) is 17.0. The molecular formula is C16H17N2NaO5S. The fourth-order valence-corrected chi connectivity index (χ4v) is 4.79. The minimum absolute atomic E-state index is 0. The van der Waals surface area contributed by atoms with Crippen LogP contribution in [-0.4, -0.2) is 50.0 Å². The number of thioether (sulfide) groups is 1. The number of rotatable bonds is 4. The van der Waals surface area contributed by atoms with Gasteiger partial charge in [-0.3, -0.25) is 9.59 Å². The van der Waals surface area contributed by atoms with Crippen LogP contribution in [0, 0.1) is 0 Å². The third kappa shape index (κ3) is 3.67. The summed E-state index contributed by atoms with van der Waals surface area (Å²) in [5, 5.41) is 22.7. The van der Waals surface area contributed by atoms with Crippen LogP contribution in [0.25, 0.3) is 0 Å². The SMILES string of the molecule is CC1(C)S[C@@H]2[C@H](NC(=O)Cc3ccc([O-])cc3)C(=O)N2[C@H]1C(=O)O.[Na+]. The van der Waals surface area contributed by atoms with Crippen molar-refractivity contribution in [3.05, 3.63) is 29.8 Å². The molecule has 2 heterocycles. The van der Waals surface area contributed by atoms with Gasteiger partial charge in [0.1, 0.15) is 17.5 Å². The Morgan fingerprint density at radius 3 is 2.48 bits per heavy atom. The molecule has 25 heavy (non-hydrogen) atoms. The van der Waals surface area contributed by atoms with E-state index < -0.39 is 22.8 Å². The molecule has 7 nitrogen and oxygen atoms in total. The summed E-state index contributed by atoms with van der Waals surface area (Å²) in [6, 6.07) is 4.31. The van der Waals surface area contributed by atoms with E-state index in [2.05, 4.69) is 5.32 Å². The molecule has 128 valence electrons. The summed E-state index contributed by atoms with van der Waals surface area (Å²) in [4.78, 5) is 37.2. The number of hydrogen-bond donors (Lipinski definition) is 2. The van der Waals surface area contributed by atoms with E-state index in [0.717, 1.165) is 0 Å². The van der Waals surface area contributed by atoms with Crippen molar-refractivity contribution in [2.75, 3.05) is 0 Å². The van der Waals surface area contributed by atoms with E-state index in [-0.39, 0.29) is 58.9 Å². The number of nitrogens with one attached hydrogen (secondary N) is 1. The minimum Gasteiger partial charge on any atom is -0.872 e. The first kappa shape index (κ1) is 20.1. The van der Waals surface area contributed by atoms with Gasteiger partial charge in [-0.15, -0.1) is 17.5 Å². The molecule has 0 radical (unpaired) electrons. The number of benzene rings is 1. The Hall–Kier alpha value is -1.22. The molecule has 3 rings (SSSR count). The maximum absolute atomic E-state index is 12.3. The van der Waals surface area contributed by atoms with E-state index >= 15 is 0 Å². The second kappa shape index (κ2) is 7.19. The number of amides is 2. The average Bonchev–Trinajstić information content (AvgIpc) is 2.76.